The van der Waals surface area contributed by atoms with Crippen molar-refractivity contribution < 1.29 is 19.1 Å². The molecule has 0 aliphatic carbocycles. The predicted molar refractivity (Wildman–Crippen MR) is 166 cm³/mol. The molecule has 12 heteroatoms. The summed E-state index contributed by atoms with van der Waals surface area (Å²) in [5.41, 5.74) is 2.94. The smallest absolute Gasteiger partial charge is 0.269 e. The Kier molecular flexibility index (Phi) is 8.36. The first kappa shape index (κ1) is 30.0. The Balaban J connectivity index is 1.43. The van der Waals surface area contributed by atoms with Crippen molar-refractivity contribution in [3.05, 3.63) is 76.9 Å². The van der Waals surface area contributed by atoms with E-state index < -0.39 is 0 Å². The summed E-state index contributed by atoms with van der Waals surface area (Å²) in [6, 6.07) is 9.37. The largest absolute Gasteiger partial charge is 0.497 e. The number of benzene rings is 2. The molecule has 0 spiro atoms. The van der Waals surface area contributed by atoms with Crippen LogP contribution in [0.4, 0.5) is 5.82 Å². The number of carbonyl (C=O) groups is 2. The number of hydrogen-bond donors (Lipinski definition) is 3. The molecule has 0 saturated carbocycles. The first-order valence-corrected chi connectivity index (χ1v) is 14.3. The maximum absolute atomic E-state index is 13.4. The van der Waals surface area contributed by atoms with Crippen molar-refractivity contribution in [1.82, 2.24) is 30.0 Å². The van der Waals surface area contributed by atoms with Gasteiger partial charge in [0.1, 0.15) is 23.0 Å². The first-order chi connectivity index (χ1) is 20.5. The highest BCUT2D eigenvalue weighted by Crippen LogP contribution is 2.35. The number of imidazole rings is 1. The minimum atomic E-state index is -0.279. The lowest BCUT2D eigenvalue weighted by Crippen LogP contribution is -2.60. The van der Waals surface area contributed by atoms with Crippen LogP contribution in [0.5, 0.6) is 11.5 Å². The molecule has 4 aromatic rings. The van der Waals surface area contributed by atoms with Gasteiger partial charge in [-0.1, -0.05) is 39.0 Å². The summed E-state index contributed by atoms with van der Waals surface area (Å²) in [6.45, 7) is 11.4. The topological polar surface area (TPSA) is 126 Å². The highest BCUT2D eigenvalue weighted by atomic mass is 35.5. The molecule has 11 nitrogen and oxygen atoms in total. The molecule has 1 aliphatic heterocycles. The molecule has 3 N–H and O–H groups in total. The molecule has 1 aliphatic rings. The molecule has 0 unspecified atom stereocenters. The van der Waals surface area contributed by atoms with E-state index in [0.717, 1.165) is 22.0 Å². The molecule has 0 radical (unpaired) electrons. The van der Waals surface area contributed by atoms with Crippen LogP contribution in [0, 0.1) is 0 Å². The third-order valence-corrected chi connectivity index (χ3v) is 7.81. The maximum Gasteiger partial charge on any atom is 0.269 e. The summed E-state index contributed by atoms with van der Waals surface area (Å²) in [5.74, 6) is 2.13. The predicted octanol–water partition coefficient (Wildman–Crippen LogP) is 4.51. The van der Waals surface area contributed by atoms with Crippen molar-refractivity contribution in [3.8, 4) is 11.5 Å². The van der Waals surface area contributed by atoms with Crippen molar-refractivity contribution in [2.45, 2.75) is 45.3 Å². The third-order valence-electron chi connectivity index (χ3n) is 7.50. The summed E-state index contributed by atoms with van der Waals surface area (Å²) in [5, 5.41) is 15.5. The molecular formula is C31H36ClN7O4. The van der Waals surface area contributed by atoms with Gasteiger partial charge in [-0.2, -0.15) is 5.10 Å². The van der Waals surface area contributed by atoms with E-state index in [9.17, 15) is 9.59 Å². The minimum absolute atomic E-state index is 0.146. The van der Waals surface area contributed by atoms with E-state index in [1.165, 1.54) is 6.08 Å². The van der Waals surface area contributed by atoms with Gasteiger partial charge < -0.3 is 29.6 Å². The van der Waals surface area contributed by atoms with E-state index in [1.807, 2.05) is 22.8 Å². The molecule has 1 saturated heterocycles. The highest BCUT2D eigenvalue weighted by Gasteiger charge is 2.31. The van der Waals surface area contributed by atoms with E-state index in [4.69, 9.17) is 21.1 Å². The summed E-state index contributed by atoms with van der Waals surface area (Å²) in [6.07, 6.45) is 2.84. The van der Waals surface area contributed by atoms with Crippen molar-refractivity contribution in [1.29, 1.82) is 0 Å². The quantitative estimate of drug-likeness (QED) is 0.227. The molecule has 0 bridgehead atoms. The minimum Gasteiger partial charge on any atom is -0.497 e. The number of nitrogens with one attached hydrogen (secondary N) is 3. The number of fused-ring (bicyclic) bond motifs is 1. The average Bonchev–Trinajstić information content (AvgIpc) is 3.54. The number of anilines is 1. The molecule has 0 atom stereocenters. The van der Waals surface area contributed by atoms with E-state index in [0.29, 0.717) is 60.0 Å². The van der Waals surface area contributed by atoms with Crippen molar-refractivity contribution in [2.24, 2.45) is 0 Å². The van der Waals surface area contributed by atoms with Gasteiger partial charge in [-0.3, -0.25) is 14.7 Å². The zero-order valence-corrected chi connectivity index (χ0v) is 25.7. The summed E-state index contributed by atoms with van der Waals surface area (Å²) in [4.78, 5) is 31.5. The number of aromatic amines is 1. The zero-order valence-electron chi connectivity index (χ0n) is 25.0. The number of halogens is 1. The van der Waals surface area contributed by atoms with Crippen LogP contribution in [-0.4, -0.2) is 69.8 Å². The molecule has 2 aromatic heterocycles. The summed E-state index contributed by atoms with van der Waals surface area (Å²) in [7, 11) is 3.19. The third kappa shape index (κ3) is 6.31. The van der Waals surface area contributed by atoms with Crippen LogP contribution in [0.1, 0.15) is 48.2 Å². The van der Waals surface area contributed by atoms with Gasteiger partial charge in [0.2, 0.25) is 5.91 Å². The van der Waals surface area contributed by atoms with Crippen molar-refractivity contribution >= 4 is 40.1 Å². The fourth-order valence-corrected chi connectivity index (χ4v) is 5.55. The Morgan fingerprint density at radius 3 is 2.47 bits per heavy atom. The Morgan fingerprint density at radius 1 is 1.14 bits per heavy atom. The standard InChI is InChI=1S/C31H36ClN7O4/c1-7-28(40)38-16-19(17-38)35-30(41)26-13-33-27(39(26)15-18-8-20(42-5)10-21(9-18)43-6)14-34-29-22-11-23(31(2,3)4)24(32)12-25(22)36-37-29/h7-13,19H,1,14-17H2,2-6H3,(H,35,41)(H2,34,36,37). The number of carbonyl (C=O) groups excluding carboxylic acids is 2. The lowest BCUT2D eigenvalue weighted by atomic mass is 9.86. The van der Waals surface area contributed by atoms with E-state index in [-0.39, 0.29) is 23.3 Å². The first-order valence-electron chi connectivity index (χ1n) is 13.9. The molecule has 1 fully saturated rings. The van der Waals surface area contributed by atoms with Gasteiger partial charge in [0.25, 0.3) is 5.91 Å². The number of H-pyrrole nitrogens is 1. The Hall–Kier alpha value is -4.51. The lowest BCUT2D eigenvalue weighted by Gasteiger charge is -2.38. The molecule has 3 heterocycles. The Labute approximate surface area is 255 Å². The second-order valence-corrected chi connectivity index (χ2v) is 11.9. The van der Waals surface area contributed by atoms with E-state index in [2.05, 4.69) is 59.2 Å². The van der Waals surface area contributed by atoms with Crippen LogP contribution < -0.4 is 20.1 Å². The summed E-state index contributed by atoms with van der Waals surface area (Å²) >= 11 is 6.56. The van der Waals surface area contributed by atoms with Crippen molar-refractivity contribution in [3.63, 3.8) is 0 Å². The second kappa shape index (κ2) is 12.0. The fraction of sp³-hybridized carbons (Fsp3) is 0.355. The van der Waals surface area contributed by atoms with Crippen molar-refractivity contribution in [2.75, 3.05) is 32.6 Å². The monoisotopic (exact) mass is 605 g/mol. The Bertz CT molecular complexity index is 1660. The van der Waals surface area contributed by atoms with Gasteiger partial charge in [-0.25, -0.2) is 4.98 Å². The van der Waals surface area contributed by atoms with Gasteiger partial charge in [0.05, 0.1) is 38.5 Å². The van der Waals surface area contributed by atoms with Crippen LogP contribution in [0.3, 0.4) is 0 Å². The second-order valence-electron chi connectivity index (χ2n) is 11.5. The average molecular weight is 606 g/mol. The van der Waals surface area contributed by atoms with E-state index >= 15 is 0 Å². The van der Waals surface area contributed by atoms with E-state index in [1.54, 1.807) is 31.4 Å². The number of amides is 2. The number of aromatic nitrogens is 4. The van der Waals surface area contributed by atoms with Crippen LogP contribution in [-0.2, 0) is 23.3 Å². The zero-order chi connectivity index (χ0) is 30.9. The number of ether oxygens (including phenoxy) is 2. The lowest BCUT2D eigenvalue weighted by molar-refractivity contribution is -0.130. The molecule has 2 amide bonds. The molecule has 2 aromatic carbocycles. The normalized spacial score (nSPS) is 13.5. The van der Waals surface area contributed by atoms with Gasteiger partial charge in [0.15, 0.2) is 5.82 Å². The van der Waals surface area contributed by atoms with Crippen LogP contribution in [0.25, 0.3) is 10.9 Å². The van der Waals surface area contributed by atoms with Gasteiger partial charge in [-0.15, -0.1) is 0 Å². The molecule has 43 heavy (non-hydrogen) atoms. The van der Waals surface area contributed by atoms with Crippen LogP contribution >= 0.6 is 11.6 Å². The highest BCUT2D eigenvalue weighted by molar-refractivity contribution is 6.32. The van der Waals surface area contributed by atoms with Crippen LogP contribution in [0.15, 0.2) is 49.2 Å². The SMILES string of the molecule is C=CC(=O)N1CC(NC(=O)c2cnc(CNc3n[nH]c4cc(Cl)c(C(C)(C)C)cc34)n2Cc2cc(OC)cc(OC)c2)C1. The number of rotatable bonds is 10. The molecular weight excluding hydrogens is 570 g/mol. The van der Waals surface area contributed by atoms with Crippen LogP contribution in [0.2, 0.25) is 5.02 Å². The summed E-state index contributed by atoms with van der Waals surface area (Å²) < 4.78 is 12.8. The fourth-order valence-electron chi connectivity index (χ4n) is 5.10. The number of nitrogens with zero attached hydrogens (tertiary/aromatic N) is 4. The van der Waals surface area contributed by atoms with Gasteiger partial charge >= 0.3 is 0 Å². The Morgan fingerprint density at radius 2 is 1.84 bits per heavy atom. The molecule has 5 rings (SSSR count). The number of hydrogen-bond acceptors (Lipinski definition) is 7. The number of likely N-dealkylation sites (tertiary alicyclic amines) is 1. The van der Waals surface area contributed by atoms with Gasteiger partial charge in [0, 0.05) is 36.1 Å². The maximum atomic E-state index is 13.4. The van der Waals surface area contributed by atoms with Gasteiger partial charge in [-0.05, 0) is 46.9 Å². The number of methoxy groups -OCH3 is 2. The molecule has 226 valence electrons.